The van der Waals surface area contributed by atoms with Crippen LogP contribution in [0.5, 0.6) is 0 Å². The van der Waals surface area contributed by atoms with Gasteiger partial charge in [0.25, 0.3) is 5.92 Å². The molecule has 3 N–H and O–H groups in total. The summed E-state index contributed by atoms with van der Waals surface area (Å²) >= 11 is 0. The topological polar surface area (TPSA) is 97.8 Å². The zero-order valence-corrected chi connectivity index (χ0v) is 22.8. The lowest BCUT2D eigenvalue weighted by atomic mass is 9.85. The van der Waals surface area contributed by atoms with E-state index in [9.17, 15) is 26.7 Å². The number of nitrogens with one attached hydrogen (secondary N) is 2. The van der Waals surface area contributed by atoms with Crippen molar-refractivity contribution in [3.63, 3.8) is 0 Å². The second-order valence-electron chi connectivity index (χ2n) is 10.3. The highest BCUT2D eigenvalue weighted by Gasteiger charge is 2.42. The van der Waals surface area contributed by atoms with Crippen LogP contribution in [0.1, 0.15) is 43.1 Å². The van der Waals surface area contributed by atoms with Crippen LogP contribution in [0.25, 0.3) is 0 Å². The fraction of sp³-hybridized carbons (Fsp3) is 0.577. The molecule has 1 aromatic carbocycles. The molecule has 216 valence electrons. The number of nitrogens with zero attached hydrogens (tertiary/aromatic N) is 3. The molecule has 3 heterocycles. The Morgan fingerprint density at radius 3 is 2.56 bits per heavy atom. The Bertz CT molecular complexity index is 1240. The van der Waals surface area contributed by atoms with Crippen LogP contribution in [0.2, 0.25) is 0 Å². The summed E-state index contributed by atoms with van der Waals surface area (Å²) in [4.78, 5) is 8.18. The summed E-state index contributed by atoms with van der Waals surface area (Å²) in [6.07, 6.45) is 2.17. The molecule has 1 aromatic heterocycles. The summed E-state index contributed by atoms with van der Waals surface area (Å²) in [5.74, 6) is -4.36. The zero-order valence-electron chi connectivity index (χ0n) is 22.0. The van der Waals surface area contributed by atoms with Gasteiger partial charge < -0.3 is 10.4 Å². The molecular formula is C26H35F4N5O3S. The first-order valence-corrected chi connectivity index (χ1v) is 14.7. The predicted molar refractivity (Wildman–Crippen MR) is 142 cm³/mol. The normalized spacial score (nSPS) is 20.9. The molecule has 2 aliphatic heterocycles. The molecule has 2 aliphatic rings. The van der Waals surface area contributed by atoms with Gasteiger partial charge in [0, 0.05) is 25.7 Å². The number of rotatable bonds is 12. The summed E-state index contributed by atoms with van der Waals surface area (Å²) in [7, 11) is -3.73. The maximum atomic E-state index is 15.6. The molecule has 0 bridgehead atoms. The van der Waals surface area contributed by atoms with E-state index >= 15 is 4.39 Å². The van der Waals surface area contributed by atoms with Gasteiger partial charge in [0.05, 0.1) is 54.3 Å². The number of aliphatic hydroxyl groups excluding tert-OH is 1. The average Bonchev–Trinajstić information content (AvgIpc) is 2.88. The predicted octanol–water partition coefficient (Wildman–Crippen LogP) is 3.40. The highest BCUT2D eigenvalue weighted by Crippen LogP contribution is 2.41. The highest BCUT2D eigenvalue weighted by molar-refractivity contribution is 7.92. The molecule has 0 spiro atoms. The second kappa shape index (κ2) is 11.9. The second-order valence-corrected chi connectivity index (χ2v) is 12.3. The van der Waals surface area contributed by atoms with Gasteiger partial charge in [-0.1, -0.05) is 6.07 Å². The molecule has 13 heteroatoms. The zero-order chi connectivity index (χ0) is 28.4. The molecule has 2 aromatic rings. The van der Waals surface area contributed by atoms with E-state index in [0.717, 1.165) is 18.8 Å². The van der Waals surface area contributed by atoms with Crippen molar-refractivity contribution >= 4 is 21.4 Å². The smallest absolute Gasteiger partial charge is 0.283 e. The van der Waals surface area contributed by atoms with Crippen LogP contribution in [-0.4, -0.2) is 91.5 Å². The summed E-state index contributed by atoms with van der Waals surface area (Å²) in [6.45, 7) is 2.95. The number of aliphatic hydroxyl groups is 1. The lowest BCUT2D eigenvalue weighted by molar-refractivity contribution is -0.0866. The Kier molecular flexibility index (Phi) is 9.04. The van der Waals surface area contributed by atoms with Crippen LogP contribution in [-0.2, 0) is 16.4 Å². The van der Waals surface area contributed by atoms with Gasteiger partial charge in [0.15, 0.2) is 5.82 Å². The molecule has 0 aliphatic carbocycles. The minimum atomic E-state index is -3.73. The minimum absolute atomic E-state index is 0.0705. The number of hydrogen-bond acceptors (Lipinski definition) is 7. The van der Waals surface area contributed by atoms with Gasteiger partial charge in [-0.15, -0.1) is 0 Å². The third kappa shape index (κ3) is 6.82. The largest absolute Gasteiger partial charge is 0.390 e. The number of likely N-dealkylation sites (tertiary alicyclic amines) is 1. The Labute approximate surface area is 226 Å². The maximum absolute atomic E-state index is 15.6. The standard InChI is InChI=1S/C26H35F4N5O3S/c1-3-39(37,38)33-22-8-6-20-21(24(22)28)11-17(2)35(15-26(29,30)16-36)25(20)23-7-5-18(12-31-23)32-19-13-34(14-19)10-4-9-27/h5-8,12,17,19,25,32-33,36H,3-4,9-11,13-16H2,1-2H3/t17-,25+/m1/s1. The molecule has 4 rings (SSSR count). The van der Waals surface area contributed by atoms with E-state index < -0.39 is 47.0 Å². The first-order chi connectivity index (χ1) is 18.5. The summed E-state index contributed by atoms with van der Waals surface area (Å²) in [5.41, 5.74) is 1.61. The fourth-order valence-corrected chi connectivity index (χ4v) is 5.81. The van der Waals surface area contributed by atoms with Crippen molar-refractivity contribution in [1.29, 1.82) is 0 Å². The molecule has 0 saturated carbocycles. The van der Waals surface area contributed by atoms with E-state index in [1.807, 2.05) is 0 Å². The van der Waals surface area contributed by atoms with Gasteiger partial charge >= 0.3 is 0 Å². The molecule has 1 fully saturated rings. The Hall–Kier alpha value is -2.48. The van der Waals surface area contributed by atoms with Gasteiger partial charge in [-0.2, -0.15) is 0 Å². The number of halogens is 4. The monoisotopic (exact) mass is 573 g/mol. The Morgan fingerprint density at radius 1 is 1.21 bits per heavy atom. The quantitative estimate of drug-likeness (QED) is 0.335. The third-order valence-electron chi connectivity index (χ3n) is 7.26. The Balaban J connectivity index is 1.63. The van der Waals surface area contributed by atoms with Crippen molar-refractivity contribution in [3.8, 4) is 0 Å². The molecule has 0 amide bonds. The lowest BCUT2D eigenvalue weighted by Gasteiger charge is -2.43. The number of alkyl halides is 3. The Morgan fingerprint density at radius 2 is 1.95 bits per heavy atom. The number of hydrogen-bond donors (Lipinski definition) is 3. The van der Waals surface area contributed by atoms with Crippen molar-refractivity contribution in [2.75, 3.05) is 55.3 Å². The van der Waals surface area contributed by atoms with E-state index in [-0.39, 0.29) is 36.1 Å². The van der Waals surface area contributed by atoms with Crippen LogP contribution in [0.4, 0.5) is 28.9 Å². The van der Waals surface area contributed by atoms with Crippen LogP contribution >= 0.6 is 0 Å². The summed E-state index contributed by atoms with van der Waals surface area (Å²) < 4.78 is 83.1. The summed E-state index contributed by atoms with van der Waals surface area (Å²) in [6, 6.07) is 5.11. The fourth-order valence-electron chi connectivity index (χ4n) is 5.17. The van der Waals surface area contributed by atoms with Crippen molar-refractivity contribution in [2.24, 2.45) is 0 Å². The SMILES string of the molecule is CCS(=O)(=O)Nc1ccc2c(c1F)C[C@@H](C)N(CC(F)(F)CO)[C@@H]2c1ccc(NC2CN(CCCF)C2)cn1. The molecular weight excluding hydrogens is 538 g/mol. The van der Waals surface area contributed by atoms with E-state index in [1.54, 1.807) is 31.3 Å². The van der Waals surface area contributed by atoms with Crippen LogP contribution in [0, 0.1) is 5.82 Å². The van der Waals surface area contributed by atoms with Gasteiger partial charge in [0.2, 0.25) is 10.0 Å². The maximum Gasteiger partial charge on any atom is 0.283 e. The average molecular weight is 574 g/mol. The molecule has 39 heavy (non-hydrogen) atoms. The number of pyridine rings is 1. The number of sulfonamides is 1. The molecule has 1 saturated heterocycles. The summed E-state index contributed by atoms with van der Waals surface area (Å²) in [5, 5.41) is 12.6. The third-order valence-corrected chi connectivity index (χ3v) is 8.56. The van der Waals surface area contributed by atoms with E-state index in [0.29, 0.717) is 24.2 Å². The molecule has 0 radical (unpaired) electrons. The number of anilines is 2. The van der Waals surface area contributed by atoms with E-state index in [4.69, 9.17) is 0 Å². The van der Waals surface area contributed by atoms with Gasteiger partial charge in [0.1, 0.15) is 6.61 Å². The number of benzene rings is 1. The molecule has 0 unspecified atom stereocenters. The van der Waals surface area contributed by atoms with Crippen molar-refractivity contribution in [2.45, 2.75) is 50.7 Å². The van der Waals surface area contributed by atoms with E-state index in [1.165, 1.54) is 17.9 Å². The van der Waals surface area contributed by atoms with Crippen LogP contribution in [0.3, 0.4) is 0 Å². The highest BCUT2D eigenvalue weighted by atomic mass is 32.2. The molecule has 2 atom stereocenters. The van der Waals surface area contributed by atoms with Crippen molar-refractivity contribution < 1.29 is 31.1 Å². The van der Waals surface area contributed by atoms with Gasteiger partial charge in [-0.05, 0) is 56.0 Å². The molecule has 8 nitrogen and oxygen atoms in total. The van der Waals surface area contributed by atoms with Crippen LogP contribution in [0.15, 0.2) is 30.5 Å². The van der Waals surface area contributed by atoms with Gasteiger partial charge in [-0.3, -0.25) is 23.9 Å². The first-order valence-electron chi connectivity index (χ1n) is 13.0. The number of aromatic nitrogens is 1. The minimum Gasteiger partial charge on any atom is -0.390 e. The first kappa shape index (κ1) is 29.5. The lowest BCUT2D eigenvalue weighted by Crippen LogP contribution is -2.54. The van der Waals surface area contributed by atoms with Gasteiger partial charge in [-0.25, -0.2) is 21.6 Å². The van der Waals surface area contributed by atoms with E-state index in [2.05, 4.69) is 19.9 Å². The number of fused-ring (bicyclic) bond motifs is 1. The van der Waals surface area contributed by atoms with Crippen LogP contribution < -0.4 is 10.0 Å². The van der Waals surface area contributed by atoms with Crippen molar-refractivity contribution in [3.05, 3.63) is 53.1 Å². The van der Waals surface area contributed by atoms with Crippen molar-refractivity contribution in [1.82, 2.24) is 14.8 Å².